The summed E-state index contributed by atoms with van der Waals surface area (Å²) in [7, 11) is 1.70. The van der Waals surface area contributed by atoms with E-state index in [4.69, 9.17) is 15.2 Å². The number of esters is 1. The van der Waals surface area contributed by atoms with Gasteiger partial charge < -0.3 is 20.1 Å². The number of rotatable bonds is 9. The third-order valence-corrected chi connectivity index (χ3v) is 4.36. The van der Waals surface area contributed by atoms with Gasteiger partial charge in [0, 0.05) is 25.6 Å². The zero-order chi connectivity index (χ0) is 23.0. The second-order valence-electron chi connectivity index (χ2n) is 8.27. The molecular weight excluding hydrogens is 396 g/mol. The Labute approximate surface area is 183 Å². The summed E-state index contributed by atoms with van der Waals surface area (Å²) >= 11 is 0. The molecule has 0 aliphatic rings. The molecule has 0 radical (unpaired) electrons. The zero-order valence-corrected chi connectivity index (χ0v) is 18.5. The number of primary amides is 1. The number of benzene rings is 2. The quantitative estimate of drug-likeness (QED) is 0.618. The topological polar surface area (TPSA) is 98.9 Å². The molecule has 166 valence electrons. The smallest absolute Gasteiger partial charge is 0.306 e. The van der Waals surface area contributed by atoms with Crippen molar-refractivity contribution >= 4 is 17.8 Å². The first-order valence-corrected chi connectivity index (χ1v) is 10.1. The van der Waals surface area contributed by atoms with Crippen LogP contribution in [0.4, 0.5) is 0 Å². The number of ether oxygens (including phenoxy) is 2. The van der Waals surface area contributed by atoms with E-state index < -0.39 is 11.5 Å². The van der Waals surface area contributed by atoms with Crippen LogP contribution in [0, 0.1) is 0 Å². The minimum absolute atomic E-state index is 0.149. The standard InChI is InChI=1S/C24H30N2O5/c1-24(2,3)31-21(27)13-8-14-26(4)23(29)18-10-7-9-17(15-18)16-30-20-12-6-5-11-19(20)22(25)28/h5-7,9-12,15H,8,13-14,16H2,1-4H3,(H2,25,28). The molecule has 0 spiro atoms. The number of para-hydroxylation sites is 1. The summed E-state index contributed by atoms with van der Waals surface area (Å²) in [5.74, 6) is -0.592. The summed E-state index contributed by atoms with van der Waals surface area (Å²) in [4.78, 5) is 37.6. The number of carbonyl (C=O) groups excluding carboxylic acids is 3. The molecule has 2 N–H and O–H groups in total. The number of nitrogens with zero attached hydrogens (tertiary/aromatic N) is 1. The van der Waals surface area contributed by atoms with Gasteiger partial charge in [0.25, 0.3) is 11.8 Å². The average molecular weight is 427 g/mol. The molecule has 0 saturated heterocycles. The lowest BCUT2D eigenvalue weighted by molar-refractivity contribution is -0.154. The number of hydrogen-bond donors (Lipinski definition) is 1. The lowest BCUT2D eigenvalue weighted by atomic mass is 10.1. The predicted molar refractivity (Wildman–Crippen MR) is 118 cm³/mol. The Morgan fingerprint density at radius 2 is 1.74 bits per heavy atom. The van der Waals surface area contributed by atoms with Gasteiger partial charge in [-0.1, -0.05) is 24.3 Å². The first-order valence-electron chi connectivity index (χ1n) is 10.1. The molecule has 2 amide bonds. The maximum Gasteiger partial charge on any atom is 0.306 e. The lowest BCUT2D eigenvalue weighted by Gasteiger charge is -2.20. The number of amides is 2. The van der Waals surface area contributed by atoms with Crippen molar-refractivity contribution < 1.29 is 23.9 Å². The van der Waals surface area contributed by atoms with Gasteiger partial charge in [-0.15, -0.1) is 0 Å². The molecule has 2 aromatic carbocycles. The van der Waals surface area contributed by atoms with E-state index >= 15 is 0 Å². The Bertz CT molecular complexity index is 934. The van der Waals surface area contributed by atoms with Crippen LogP contribution in [0.5, 0.6) is 5.75 Å². The maximum atomic E-state index is 12.7. The van der Waals surface area contributed by atoms with Crippen LogP contribution in [0.25, 0.3) is 0 Å². The van der Waals surface area contributed by atoms with Crippen molar-refractivity contribution in [2.45, 2.75) is 45.8 Å². The normalized spacial score (nSPS) is 11.0. The maximum absolute atomic E-state index is 12.7. The summed E-state index contributed by atoms with van der Waals surface area (Å²) in [6.45, 7) is 6.09. The first-order chi connectivity index (χ1) is 14.6. The zero-order valence-electron chi connectivity index (χ0n) is 18.5. The van der Waals surface area contributed by atoms with Gasteiger partial charge in [0.15, 0.2) is 0 Å². The fraction of sp³-hybridized carbons (Fsp3) is 0.375. The van der Waals surface area contributed by atoms with Crippen LogP contribution in [0.1, 0.15) is 59.9 Å². The Morgan fingerprint density at radius 3 is 2.42 bits per heavy atom. The minimum Gasteiger partial charge on any atom is -0.488 e. The van der Waals surface area contributed by atoms with Crippen molar-refractivity contribution in [2.75, 3.05) is 13.6 Å². The van der Waals surface area contributed by atoms with E-state index in [0.29, 0.717) is 29.8 Å². The van der Waals surface area contributed by atoms with Crippen LogP contribution in [0.3, 0.4) is 0 Å². The first kappa shape index (κ1) is 23.9. The molecule has 0 atom stereocenters. The number of hydrogen-bond acceptors (Lipinski definition) is 5. The molecule has 2 aromatic rings. The molecular formula is C24H30N2O5. The summed E-state index contributed by atoms with van der Waals surface area (Å²) in [6, 6.07) is 13.8. The highest BCUT2D eigenvalue weighted by molar-refractivity contribution is 5.95. The van der Waals surface area contributed by atoms with Crippen molar-refractivity contribution in [3.63, 3.8) is 0 Å². The van der Waals surface area contributed by atoms with E-state index in [1.165, 1.54) is 0 Å². The summed E-state index contributed by atoms with van der Waals surface area (Å²) in [5, 5.41) is 0. The van der Waals surface area contributed by atoms with E-state index in [2.05, 4.69) is 0 Å². The Morgan fingerprint density at radius 1 is 1.03 bits per heavy atom. The van der Waals surface area contributed by atoms with Crippen LogP contribution in [-0.2, 0) is 16.1 Å². The molecule has 0 aliphatic carbocycles. The molecule has 31 heavy (non-hydrogen) atoms. The molecule has 0 saturated carbocycles. The molecule has 0 aliphatic heterocycles. The average Bonchev–Trinajstić information content (AvgIpc) is 2.70. The van der Waals surface area contributed by atoms with Crippen molar-refractivity contribution in [3.05, 3.63) is 65.2 Å². The highest BCUT2D eigenvalue weighted by Crippen LogP contribution is 2.19. The highest BCUT2D eigenvalue weighted by atomic mass is 16.6. The van der Waals surface area contributed by atoms with E-state index in [9.17, 15) is 14.4 Å². The molecule has 0 aromatic heterocycles. The van der Waals surface area contributed by atoms with Crippen LogP contribution in [-0.4, -0.2) is 41.9 Å². The van der Waals surface area contributed by atoms with Crippen LogP contribution < -0.4 is 10.5 Å². The van der Waals surface area contributed by atoms with Crippen LogP contribution in [0.15, 0.2) is 48.5 Å². The van der Waals surface area contributed by atoms with Gasteiger partial charge in [-0.3, -0.25) is 14.4 Å². The summed E-state index contributed by atoms with van der Waals surface area (Å²) in [6.07, 6.45) is 0.770. The number of carbonyl (C=O) groups is 3. The molecule has 7 heteroatoms. The van der Waals surface area contributed by atoms with Gasteiger partial charge in [0.05, 0.1) is 5.56 Å². The van der Waals surface area contributed by atoms with Crippen LogP contribution >= 0.6 is 0 Å². The summed E-state index contributed by atoms with van der Waals surface area (Å²) in [5.41, 5.74) is 6.46. The van der Waals surface area contributed by atoms with Gasteiger partial charge in [-0.25, -0.2) is 0 Å². The van der Waals surface area contributed by atoms with Crippen molar-refractivity contribution in [1.82, 2.24) is 4.90 Å². The molecule has 2 rings (SSSR count). The predicted octanol–water partition coefficient (Wildman–Crippen LogP) is 3.56. The third-order valence-electron chi connectivity index (χ3n) is 4.36. The second-order valence-corrected chi connectivity index (χ2v) is 8.27. The Kier molecular flexibility index (Phi) is 8.19. The molecule has 7 nitrogen and oxygen atoms in total. The van der Waals surface area contributed by atoms with E-state index in [-0.39, 0.29) is 24.9 Å². The molecule has 0 heterocycles. The Balaban J connectivity index is 1.92. The summed E-state index contributed by atoms with van der Waals surface area (Å²) < 4.78 is 11.0. The Hall–Kier alpha value is -3.35. The van der Waals surface area contributed by atoms with Gasteiger partial charge in [-0.2, -0.15) is 0 Å². The van der Waals surface area contributed by atoms with Gasteiger partial charge in [0.1, 0.15) is 18.0 Å². The second kappa shape index (κ2) is 10.6. The van der Waals surface area contributed by atoms with Crippen molar-refractivity contribution in [3.8, 4) is 5.75 Å². The molecule has 0 bridgehead atoms. The highest BCUT2D eigenvalue weighted by Gasteiger charge is 2.17. The van der Waals surface area contributed by atoms with Gasteiger partial charge in [-0.05, 0) is 57.0 Å². The SMILES string of the molecule is CN(CCCC(=O)OC(C)(C)C)C(=O)c1cccc(COc2ccccc2C(N)=O)c1. The van der Waals surface area contributed by atoms with E-state index in [1.54, 1.807) is 54.4 Å². The van der Waals surface area contributed by atoms with E-state index in [0.717, 1.165) is 5.56 Å². The lowest BCUT2D eigenvalue weighted by Crippen LogP contribution is -2.29. The largest absolute Gasteiger partial charge is 0.488 e. The fourth-order valence-electron chi connectivity index (χ4n) is 2.93. The van der Waals surface area contributed by atoms with Crippen molar-refractivity contribution in [2.24, 2.45) is 5.73 Å². The number of nitrogens with two attached hydrogens (primary N) is 1. The van der Waals surface area contributed by atoms with Gasteiger partial charge >= 0.3 is 5.97 Å². The third kappa shape index (κ3) is 7.77. The fourth-order valence-corrected chi connectivity index (χ4v) is 2.93. The monoisotopic (exact) mass is 426 g/mol. The molecule has 0 unspecified atom stereocenters. The minimum atomic E-state index is -0.562. The molecule has 0 fully saturated rings. The van der Waals surface area contributed by atoms with Crippen LogP contribution in [0.2, 0.25) is 0 Å². The van der Waals surface area contributed by atoms with Gasteiger partial charge in [0.2, 0.25) is 0 Å². The van der Waals surface area contributed by atoms with Crippen molar-refractivity contribution in [1.29, 1.82) is 0 Å². The van der Waals surface area contributed by atoms with E-state index in [1.807, 2.05) is 26.8 Å².